The standard InChI is InChI=1S/C17H24N4O4S2/c1-3-4-10-9-12(19-16-13(10)14(18)15(26-16)17(22)23)21-7-5-11(6-8-21)20-27(2,24)25/h9,11,20H,3-8,18H2,1-2H3,(H,22,23). The highest BCUT2D eigenvalue weighted by Crippen LogP contribution is 2.37. The minimum atomic E-state index is -3.21. The minimum Gasteiger partial charge on any atom is -0.477 e. The van der Waals surface area contributed by atoms with Crippen molar-refractivity contribution in [1.29, 1.82) is 0 Å². The topological polar surface area (TPSA) is 126 Å². The molecule has 1 saturated heterocycles. The molecule has 27 heavy (non-hydrogen) atoms. The van der Waals surface area contributed by atoms with Gasteiger partial charge >= 0.3 is 5.97 Å². The van der Waals surface area contributed by atoms with Crippen LogP contribution in [-0.4, -0.2) is 49.9 Å². The molecule has 0 atom stereocenters. The molecule has 3 heterocycles. The van der Waals surface area contributed by atoms with Crippen LogP contribution in [0.25, 0.3) is 10.2 Å². The summed E-state index contributed by atoms with van der Waals surface area (Å²) in [6.07, 6.45) is 4.27. The number of aromatic carboxylic acids is 1. The molecule has 0 aliphatic carbocycles. The highest BCUT2D eigenvalue weighted by atomic mass is 32.2. The number of sulfonamides is 1. The largest absolute Gasteiger partial charge is 0.477 e. The molecule has 1 aliphatic heterocycles. The predicted molar refractivity (Wildman–Crippen MR) is 108 cm³/mol. The van der Waals surface area contributed by atoms with Crippen LogP contribution >= 0.6 is 11.3 Å². The Bertz CT molecular complexity index is 963. The van der Waals surface area contributed by atoms with Crippen molar-refractivity contribution >= 4 is 49.1 Å². The lowest BCUT2D eigenvalue weighted by Crippen LogP contribution is -2.44. The van der Waals surface area contributed by atoms with Gasteiger partial charge in [-0.2, -0.15) is 0 Å². The Hall–Kier alpha value is -1.91. The first-order chi connectivity index (χ1) is 12.7. The van der Waals surface area contributed by atoms with E-state index in [2.05, 4.69) is 21.5 Å². The molecule has 0 bridgehead atoms. The third-order valence-electron chi connectivity index (χ3n) is 4.68. The van der Waals surface area contributed by atoms with Crippen LogP contribution in [0.1, 0.15) is 41.4 Å². The van der Waals surface area contributed by atoms with Crippen molar-refractivity contribution in [3.05, 3.63) is 16.5 Å². The molecule has 3 rings (SSSR count). The third kappa shape index (κ3) is 4.33. The number of anilines is 2. The van der Waals surface area contributed by atoms with E-state index in [1.54, 1.807) is 0 Å². The molecule has 0 spiro atoms. The average Bonchev–Trinajstić information content (AvgIpc) is 2.92. The second kappa shape index (κ2) is 7.61. The zero-order valence-corrected chi connectivity index (χ0v) is 17.0. The normalized spacial score (nSPS) is 16.1. The number of rotatable bonds is 6. The molecule has 2 aromatic heterocycles. The number of pyridine rings is 1. The van der Waals surface area contributed by atoms with Gasteiger partial charge in [-0.3, -0.25) is 0 Å². The number of aromatic nitrogens is 1. The van der Waals surface area contributed by atoms with Gasteiger partial charge in [0.1, 0.15) is 15.5 Å². The van der Waals surface area contributed by atoms with Crippen molar-refractivity contribution in [2.45, 2.75) is 38.6 Å². The van der Waals surface area contributed by atoms with Gasteiger partial charge in [-0.1, -0.05) is 13.3 Å². The van der Waals surface area contributed by atoms with Gasteiger partial charge in [-0.15, -0.1) is 11.3 Å². The monoisotopic (exact) mass is 412 g/mol. The van der Waals surface area contributed by atoms with E-state index in [1.165, 1.54) is 6.26 Å². The lowest BCUT2D eigenvalue weighted by molar-refractivity contribution is 0.0703. The summed E-state index contributed by atoms with van der Waals surface area (Å²) in [5.41, 5.74) is 7.39. The molecule has 0 amide bonds. The maximum Gasteiger partial charge on any atom is 0.348 e. The Morgan fingerprint density at radius 3 is 2.67 bits per heavy atom. The molecule has 4 N–H and O–H groups in total. The molecule has 10 heteroatoms. The van der Waals surface area contributed by atoms with Crippen LogP contribution < -0.4 is 15.4 Å². The molecule has 0 aromatic carbocycles. The van der Waals surface area contributed by atoms with Gasteiger partial charge in [0.15, 0.2) is 0 Å². The van der Waals surface area contributed by atoms with Crippen LogP contribution in [0.3, 0.4) is 0 Å². The van der Waals surface area contributed by atoms with E-state index in [4.69, 9.17) is 5.73 Å². The molecule has 0 saturated carbocycles. The fourth-order valence-electron chi connectivity index (χ4n) is 3.50. The SMILES string of the molecule is CCCc1cc(N2CCC(NS(C)(=O)=O)CC2)nc2sc(C(=O)O)c(N)c12. The van der Waals surface area contributed by atoms with E-state index in [0.29, 0.717) is 36.4 Å². The van der Waals surface area contributed by atoms with Gasteiger partial charge in [-0.05, 0) is 30.9 Å². The number of hydrogen-bond acceptors (Lipinski definition) is 7. The van der Waals surface area contributed by atoms with Gasteiger partial charge in [0, 0.05) is 24.5 Å². The number of nitrogens with two attached hydrogens (primary N) is 1. The first-order valence-electron chi connectivity index (χ1n) is 8.87. The summed E-state index contributed by atoms with van der Waals surface area (Å²) < 4.78 is 25.5. The van der Waals surface area contributed by atoms with Gasteiger partial charge in [0.2, 0.25) is 10.0 Å². The summed E-state index contributed by atoms with van der Waals surface area (Å²) in [6, 6.07) is 1.93. The van der Waals surface area contributed by atoms with E-state index in [1.807, 2.05) is 6.07 Å². The van der Waals surface area contributed by atoms with Crippen LogP contribution in [0, 0.1) is 0 Å². The van der Waals surface area contributed by atoms with E-state index >= 15 is 0 Å². The lowest BCUT2D eigenvalue weighted by atomic mass is 10.0. The van der Waals surface area contributed by atoms with Gasteiger partial charge in [0.25, 0.3) is 0 Å². The number of carboxylic acids is 1. The van der Waals surface area contributed by atoms with E-state index < -0.39 is 16.0 Å². The minimum absolute atomic E-state index is 0.0638. The predicted octanol–water partition coefficient (Wildman–Crippen LogP) is 2.05. The average molecular weight is 413 g/mol. The first-order valence-corrected chi connectivity index (χ1v) is 11.6. The molecular formula is C17H24N4O4S2. The summed E-state index contributed by atoms with van der Waals surface area (Å²) in [4.78, 5) is 19.0. The van der Waals surface area contributed by atoms with Crippen molar-refractivity contribution in [2.75, 3.05) is 30.0 Å². The highest BCUT2D eigenvalue weighted by Gasteiger charge is 2.25. The molecule has 1 fully saturated rings. The highest BCUT2D eigenvalue weighted by molar-refractivity contribution is 7.88. The van der Waals surface area contributed by atoms with E-state index in [9.17, 15) is 18.3 Å². The summed E-state index contributed by atoms with van der Waals surface area (Å²) in [5.74, 6) is -0.242. The Morgan fingerprint density at radius 1 is 1.44 bits per heavy atom. The number of carboxylic acid groups (broad SMARTS) is 1. The Balaban J connectivity index is 1.90. The number of piperidine rings is 1. The fraction of sp³-hybridized carbons (Fsp3) is 0.529. The van der Waals surface area contributed by atoms with Crippen molar-refractivity contribution in [2.24, 2.45) is 0 Å². The summed E-state index contributed by atoms with van der Waals surface area (Å²) in [6.45, 7) is 3.43. The van der Waals surface area contributed by atoms with Crippen molar-refractivity contribution in [1.82, 2.24) is 9.71 Å². The number of nitrogen functional groups attached to an aromatic ring is 1. The number of fused-ring (bicyclic) bond motifs is 1. The third-order valence-corrected chi connectivity index (χ3v) is 6.53. The van der Waals surface area contributed by atoms with Crippen LogP contribution in [0.4, 0.5) is 11.5 Å². The van der Waals surface area contributed by atoms with E-state index in [-0.39, 0.29) is 10.9 Å². The second-order valence-corrected chi connectivity index (χ2v) is 9.65. The van der Waals surface area contributed by atoms with Crippen LogP contribution in [0.15, 0.2) is 6.07 Å². The number of hydrogen-bond donors (Lipinski definition) is 3. The van der Waals surface area contributed by atoms with Crippen molar-refractivity contribution < 1.29 is 18.3 Å². The number of aryl methyl sites for hydroxylation is 1. The van der Waals surface area contributed by atoms with Crippen LogP contribution in [-0.2, 0) is 16.4 Å². The summed E-state index contributed by atoms with van der Waals surface area (Å²) in [7, 11) is -3.21. The number of nitrogens with zero attached hydrogens (tertiary/aromatic N) is 2. The molecule has 2 aromatic rings. The molecular weight excluding hydrogens is 388 g/mol. The first kappa shape index (κ1) is 19.8. The smallest absolute Gasteiger partial charge is 0.348 e. The van der Waals surface area contributed by atoms with E-state index in [0.717, 1.165) is 40.9 Å². The van der Waals surface area contributed by atoms with Gasteiger partial charge in [-0.25, -0.2) is 22.9 Å². The number of carbonyl (C=O) groups is 1. The number of thiophene rings is 1. The zero-order valence-electron chi connectivity index (χ0n) is 15.4. The fourth-order valence-corrected chi connectivity index (χ4v) is 5.32. The summed E-state index contributed by atoms with van der Waals surface area (Å²) in [5, 5.41) is 10.1. The lowest BCUT2D eigenvalue weighted by Gasteiger charge is -2.33. The Labute approximate surface area is 162 Å². The van der Waals surface area contributed by atoms with Crippen molar-refractivity contribution in [3.8, 4) is 0 Å². The summed E-state index contributed by atoms with van der Waals surface area (Å²) >= 11 is 1.10. The Morgan fingerprint density at radius 2 is 2.11 bits per heavy atom. The molecule has 0 radical (unpaired) electrons. The quantitative estimate of drug-likeness (QED) is 0.663. The maximum absolute atomic E-state index is 11.4. The molecule has 8 nitrogen and oxygen atoms in total. The molecule has 148 valence electrons. The zero-order chi connectivity index (χ0) is 19.8. The van der Waals surface area contributed by atoms with Gasteiger partial charge < -0.3 is 15.7 Å². The van der Waals surface area contributed by atoms with Gasteiger partial charge in [0.05, 0.1) is 11.9 Å². The second-order valence-electron chi connectivity index (χ2n) is 6.87. The molecule has 1 aliphatic rings. The molecule has 0 unspecified atom stereocenters. The van der Waals surface area contributed by atoms with Crippen LogP contribution in [0.2, 0.25) is 0 Å². The Kier molecular flexibility index (Phi) is 5.59. The van der Waals surface area contributed by atoms with Crippen molar-refractivity contribution in [3.63, 3.8) is 0 Å². The maximum atomic E-state index is 11.4. The number of nitrogens with one attached hydrogen (secondary N) is 1. The van der Waals surface area contributed by atoms with Crippen LogP contribution in [0.5, 0.6) is 0 Å².